The second-order valence-electron chi connectivity index (χ2n) is 7.99. The third kappa shape index (κ3) is 7.65. The number of unbranched alkanes of at least 4 members (excludes halogenated alkanes) is 2. The first-order valence-electron chi connectivity index (χ1n) is 9.44. The molecule has 126 valence electrons. The molecule has 1 aliphatic heterocycles. The van der Waals surface area contributed by atoms with Crippen LogP contribution in [0.2, 0.25) is 0 Å². The van der Waals surface area contributed by atoms with Gasteiger partial charge in [0.05, 0.1) is 0 Å². The van der Waals surface area contributed by atoms with E-state index in [-0.39, 0.29) is 0 Å². The molecule has 0 aliphatic carbocycles. The van der Waals surface area contributed by atoms with Gasteiger partial charge in [0, 0.05) is 19.1 Å². The van der Waals surface area contributed by atoms with Crippen LogP contribution >= 0.6 is 0 Å². The molecule has 2 atom stereocenters. The van der Waals surface area contributed by atoms with Crippen molar-refractivity contribution < 1.29 is 0 Å². The smallest absolute Gasteiger partial charge is 0.00794 e. The molecule has 2 nitrogen and oxygen atoms in total. The molecule has 0 aromatic carbocycles. The molecule has 1 heterocycles. The first-order chi connectivity index (χ1) is 9.98. The topological polar surface area (TPSA) is 15.3 Å². The molecular weight excluding hydrogens is 256 g/mol. The molecule has 0 spiro atoms. The lowest BCUT2D eigenvalue weighted by molar-refractivity contribution is 0.145. The fourth-order valence-corrected chi connectivity index (χ4v) is 3.56. The summed E-state index contributed by atoms with van der Waals surface area (Å²) in [6.07, 6.45) is 9.53. The number of nitrogens with one attached hydrogen (secondary N) is 1. The first-order valence-corrected chi connectivity index (χ1v) is 9.44. The summed E-state index contributed by atoms with van der Waals surface area (Å²) in [6, 6.07) is 0.662. The molecule has 0 radical (unpaired) electrons. The summed E-state index contributed by atoms with van der Waals surface area (Å²) < 4.78 is 0. The zero-order valence-corrected chi connectivity index (χ0v) is 15.4. The van der Waals surface area contributed by atoms with Crippen LogP contribution in [0.3, 0.4) is 0 Å². The van der Waals surface area contributed by atoms with Gasteiger partial charge >= 0.3 is 0 Å². The maximum Gasteiger partial charge on any atom is 0.00794 e. The van der Waals surface area contributed by atoms with Crippen LogP contribution in [-0.4, -0.2) is 37.1 Å². The fourth-order valence-electron chi connectivity index (χ4n) is 3.56. The summed E-state index contributed by atoms with van der Waals surface area (Å²) >= 11 is 0. The summed E-state index contributed by atoms with van der Waals surface area (Å²) in [4.78, 5) is 2.67. The van der Waals surface area contributed by atoms with E-state index in [1.165, 1.54) is 71.1 Å². The monoisotopic (exact) mass is 296 g/mol. The summed E-state index contributed by atoms with van der Waals surface area (Å²) in [5.74, 6) is 0.844. The molecular formula is C19H40N2. The third-order valence-electron chi connectivity index (χ3n) is 5.15. The largest absolute Gasteiger partial charge is 0.313 e. The average Bonchev–Trinajstić information content (AvgIpc) is 2.46. The Labute approximate surface area is 134 Å². The van der Waals surface area contributed by atoms with Crippen LogP contribution in [0, 0.1) is 11.3 Å². The highest BCUT2D eigenvalue weighted by Gasteiger charge is 2.25. The van der Waals surface area contributed by atoms with Crippen molar-refractivity contribution >= 4 is 0 Å². The molecule has 0 saturated carbocycles. The Morgan fingerprint density at radius 1 is 1.19 bits per heavy atom. The number of hydrogen-bond donors (Lipinski definition) is 1. The minimum atomic E-state index is 0.446. The number of piperidine rings is 1. The van der Waals surface area contributed by atoms with Crippen molar-refractivity contribution in [1.29, 1.82) is 0 Å². The standard InChI is InChI=1S/C19H40N2/c1-6-8-9-12-19(4,5)16-20-17(3)18-11-10-14-21(15-18)13-7-2/h17-18,20H,6-16H2,1-5H3. The van der Waals surface area contributed by atoms with E-state index in [0.29, 0.717) is 11.5 Å². The van der Waals surface area contributed by atoms with E-state index < -0.39 is 0 Å². The highest BCUT2D eigenvalue weighted by atomic mass is 15.1. The quantitative estimate of drug-likeness (QED) is 0.588. The van der Waals surface area contributed by atoms with Crippen LogP contribution in [0.25, 0.3) is 0 Å². The van der Waals surface area contributed by atoms with Gasteiger partial charge in [0.25, 0.3) is 0 Å². The highest BCUT2D eigenvalue weighted by molar-refractivity contribution is 4.82. The van der Waals surface area contributed by atoms with Crippen LogP contribution in [0.1, 0.15) is 79.6 Å². The Balaban J connectivity index is 2.29. The second-order valence-corrected chi connectivity index (χ2v) is 7.99. The Hall–Kier alpha value is -0.0800. The molecule has 1 N–H and O–H groups in total. The van der Waals surface area contributed by atoms with Crippen molar-refractivity contribution in [2.24, 2.45) is 11.3 Å². The van der Waals surface area contributed by atoms with Crippen molar-refractivity contribution in [3.05, 3.63) is 0 Å². The summed E-state index contributed by atoms with van der Waals surface area (Å²) in [6.45, 7) is 16.9. The highest BCUT2D eigenvalue weighted by Crippen LogP contribution is 2.25. The van der Waals surface area contributed by atoms with E-state index in [2.05, 4.69) is 44.8 Å². The zero-order valence-electron chi connectivity index (χ0n) is 15.4. The van der Waals surface area contributed by atoms with E-state index in [1.54, 1.807) is 0 Å². The lowest BCUT2D eigenvalue weighted by Gasteiger charge is -2.37. The molecule has 0 bridgehead atoms. The van der Waals surface area contributed by atoms with Crippen LogP contribution in [-0.2, 0) is 0 Å². The van der Waals surface area contributed by atoms with Crippen LogP contribution < -0.4 is 5.32 Å². The summed E-state index contributed by atoms with van der Waals surface area (Å²) in [7, 11) is 0. The van der Waals surface area contributed by atoms with E-state index in [4.69, 9.17) is 0 Å². The lowest BCUT2D eigenvalue weighted by atomic mass is 9.85. The van der Waals surface area contributed by atoms with Gasteiger partial charge in [-0.1, -0.05) is 47.0 Å². The Kier molecular flexibility index (Phi) is 8.89. The number of hydrogen-bond acceptors (Lipinski definition) is 2. The van der Waals surface area contributed by atoms with Crippen molar-refractivity contribution in [2.75, 3.05) is 26.2 Å². The normalized spacial score (nSPS) is 22.4. The maximum absolute atomic E-state index is 3.86. The van der Waals surface area contributed by atoms with Crippen molar-refractivity contribution in [3.8, 4) is 0 Å². The van der Waals surface area contributed by atoms with Crippen molar-refractivity contribution in [2.45, 2.75) is 85.6 Å². The molecule has 2 heteroatoms. The molecule has 21 heavy (non-hydrogen) atoms. The average molecular weight is 297 g/mol. The van der Waals surface area contributed by atoms with Gasteiger partial charge in [-0.3, -0.25) is 0 Å². The molecule has 1 fully saturated rings. The summed E-state index contributed by atoms with van der Waals surface area (Å²) in [5, 5.41) is 3.86. The molecule has 0 aromatic heterocycles. The van der Waals surface area contributed by atoms with Gasteiger partial charge in [-0.05, 0) is 57.0 Å². The van der Waals surface area contributed by atoms with Gasteiger partial charge in [-0.2, -0.15) is 0 Å². The Morgan fingerprint density at radius 2 is 1.95 bits per heavy atom. The van der Waals surface area contributed by atoms with Crippen LogP contribution in [0.5, 0.6) is 0 Å². The van der Waals surface area contributed by atoms with E-state index in [1.807, 2.05) is 0 Å². The van der Waals surface area contributed by atoms with Gasteiger partial charge in [-0.15, -0.1) is 0 Å². The predicted molar refractivity (Wildman–Crippen MR) is 94.8 cm³/mol. The molecule has 1 rings (SSSR count). The molecule has 0 amide bonds. The second kappa shape index (κ2) is 9.84. The molecule has 0 aromatic rings. The van der Waals surface area contributed by atoms with E-state index in [0.717, 1.165) is 5.92 Å². The predicted octanol–water partition coefficient (Wildman–Crippen LogP) is 4.69. The van der Waals surface area contributed by atoms with E-state index >= 15 is 0 Å². The number of rotatable bonds is 10. The molecule has 1 aliphatic rings. The zero-order chi connectivity index (χ0) is 15.7. The van der Waals surface area contributed by atoms with Gasteiger partial charge in [0.15, 0.2) is 0 Å². The van der Waals surface area contributed by atoms with E-state index in [9.17, 15) is 0 Å². The lowest BCUT2D eigenvalue weighted by Crippen LogP contribution is -2.46. The van der Waals surface area contributed by atoms with Gasteiger partial charge in [-0.25, -0.2) is 0 Å². The maximum atomic E-state index is 3.86. The molecule has 2 unspecified atom stereocenters. The van der Waals surface area contributed by atoms with Crippen LogP contribution in [0.4, 0.5) is 0 Å². The molecule has 1 saturated heterocycles. The fraction of sp³-hybridized carbons (Fsp3) is 1.00. The van der Waals surface area contributed by atoms with Crippen molar-refractivity contribution in [1.82, 2.24) is 10.2 Å². The number of nitrogens with zero attached hydrogens (tertiary/aromatic N) is 1. The first kappa shape index (κ1) is 19.0. The SMILES string of the molecule is CCCCCC(C)(C)CNC(C)C1CCCN(CCC)C1. The summed E-state index contributed by atoms with van der Waals surface area (Å²) in [5.41, 5.74) is 0.446. The number of likely N-dealkylation sites (tertiary alicyclic amines) is 1. The minimum Gasteiger partial charge on any atom is -0.313 e. The van der Waals surface area contributed by atoms with Gasteiger partial charge in [0.1, 0.15) is 0 Å². The third-order valence-corrected chi connectivity index (χ3v) is 5.15. The Bertz CT molecular complexity index is 260. The minimum absolute atomic E-state index is 0.446. The Morgan fingerprint density at radius 3 is 2.62 bits per heavy atom. The van der Waals surface area contributed by atoms with Gasteiger partial charge < -0.3 is 10.2 Å². The van der Waals surface area contributed by atoms with Crippen LogP contribution in [0.15, 0.2) is 0 Å². The van der Waals surface area contributed by atoms with Gasteiger partial charge in [0.2, 0.25) is 0 Å². The van der Waals surface area contributed by atoms with Crippen molar-refractivity contribution in [3.63, 3.8) is 0 Å².